The topological polar surface area (TPSA) is 137 Å². The molecule has 9 nitrogen and oxygen atoms in total. The van der Waals surface area contributed by atoms with Crippen molar-refractivity contribution in [2.75, 3.05) is 0 Å². The summed E-state index contributed by atoms with van der Waals surface area (Å²) in [4.78, 5) is 13.6. The molecule has 0 aliphatic rings. The molecule has 180 valence electrons. The van der Waals surface area contributed by atoms with Crippen LogP contribution in [0.4, 0.5) is 0 Å². The summed E-state index contributed by atoms with van der Waals surface area (Å²) in [6.07, 6.45) is 1.79. The van der Waals surface area contributed by atoms with E-state index in [-0.39, 0.29) is 62.8 Å². The Labute approximate surface area is 206 Å². The van der Waals surface area contributed by atoms with E-state index in [1.165, 1.54) is 28.9 Å². The summed E-state index contributed by atoms with van der Waals surface area (Å²) in [5.41, 5.74) is 3.69. The lowest BCUT2D eigenvalue weighted by atomic mass is 10.1. The molecule has 0 fully saturated rings. The normalized spacial score (nSPS) is 11.1. The van der Waals surface area contributed by atoms with Crippen LogP contribution < -0.4 is 0 Å². The van der Waals surface area contributed by atoms with Crippen LogP contribution in [0.25, 0.3) is 40.0 Å². The zero-order valence-electron chi connectivity index (χ0n) is 19.8. The Balaban J connectivity index is 1.74. The van der Waals surface area contributed by atoms with Crippen molar-refractivity contribution in [3.05, 3.63) is 77.5 Å². The molecule has 0 bridgehead atoms. The number of phenols is 4. The van der Waals surface area contributed by atoms with E-state index in [1.807, 2.05) is 37.3 Å². The zero-order chi connectivity index (χ0) is 25.6. The van der Waals surface area contributed by atoms with Crippen LogP contribution in [0.3, 0.4) is 0 Å². The van der Waals surface area contributed by atoms with Crippen molar-refractivity contribution < 1.29 is 20.4 Å². The van der Waals surface area contributed by atoms with Crippen LogP contribution in [0.1, 0.15) is 16.7 Å². The molecule has 2 aromatic heterocycles. The summed E-state index contributed by atoms with van der Waals surface area (Å²) in [5, 5.41) is 46.1. The number of phenolic OH excluding ortho intramolecular Hbond substituents is 4. The van der Waals surface area contributed by atoms with Gasteiger partial charge in [0.1, 0.15) is 23.0 Å². The van der Waals surface area contributed by atoms with Crippen molar-refractivity contribution in [3.8, 4) is 63.0 Å². The molecule has 0 saturated heterocycles. The van der Waals surface area contributed by atoms with Gasteiger partial charge in [0.15, 0.2) is 11.6 Å². The van der Waals surface area contributed by atoms with Gasteiger partial charge in [0.2, 0.25) is 0 Å². The van der Waals surface area contributed by atoms with Crippen molar-refractivity contribution >= 4 is 0 Å². The summed E-state index contributed by atoms with van der Waals surface area (Å²) < 4.78 is 1.51. The summed E-state index contributed by atoms with van der Waals surface area (Å²) in [6, 6.07) is 15.6. The monoisotopic (exact) mass is 481 g/mol. The molecule has 0 aliphatic heterocycles. The lowest BCUT2D eigenvalue weighted by Crippen LogP contribution is -2.07. The molecule has 0 radical (unpaired) electrons. The van der Waals surface area contributed by atoms with Gasteiger partial charge in [-0.3, -0.25) is 0 Å². The minimum atomic E-state index is -0.175. The molecule has 5 aromatic rings. The predicted molar refractivity (Wildman–Crippen MR) is 134 cm³/mol. The highest BCUT2D eigenvalue weighted by Crippen LogP contribution is 2.38. The summed E-state index contributed by atoms with van der Waals surface area (Å²) in [5.74, 6) is -0.0713. The first-order chi connectivity index (χ1) is 17.2. The third-order valence-electron chi connectivity index (χ3n) is 6.06. The number of aromatic nitrogens is 5. The summed E-state index contributed by atoms with van der Waals surface area (Å²) in [6.45, 7) is 5.09. The Kier molecular flexibility index (Phi) is 5.52. The Morgan fingerprint density at radius 2 is 1.17 bits per heavy atom. The molecule has 0 aliphatic carbocycles. The second kappa shape index (κ2) is 8.70. The molecule has 36 heavy (non-hydrogen) atoms. The molecule has 0 unspecified atom stereocenters. The minimum absolute atomic E-state index is 0.0623. The molecule has 5 rings (SSSR count). The molecular weight excluding hydrogens is 458 g/mol. The third kappa shape index (κ3) is 3.86. The van der Waals surface area contributed by atoms with Gasteiger partial charge < -0.3 is 20.4 Å². The van der Waals surface area contributed by atoms with Gasteiger partial charge in [-0.25, -0.2) is 9.67 Å². The second-order valence-corrected chi connectivity index (χ2v) is 8.47. The van der Waals surface area contributed by atoms with Crippen LogP contribution in [0, 0.1) is 20.8 Å². The van der Waals surface area contributed by atoms with Gasteiger partial charge in [0, 0.05) is 22.9 Å². The van der Waals surface area contributed by atoms with Crippen molar-refractivity contribution in [1.29, 1.82) is 0 Å². The van der Waals surface area contributed by atoms with Crippen LogP contribution in [0.5, 0.6) is 23.0 Å². The number of hydrogen-bond acceptors (Lipinski definition) is 8. The molecule has 4 N–H and O–H groups in total. The minimum Gasteiger partial charge on any atom is -0.508 e. The second-order valence-electron chi connectivity index (χ2n) is 8.47. The van der Waals surface area contributed by atoms with Gasteiger partial charge in [-0.2, -0.15) is 15.1 Å². The fourth-order valence-electron chi connectivity index (χ4n) is 3.89. The van der Waals surface area contributed by atoms with Gasteiger partial charge in [0.05, 0.1) is 16.8 Å². The van der Waals surface area contributed by atoms with E-state index in [0.717, 1.165) is 16.8 Å². The largest absolute Gasteiger partial charge is 0.508 e. The maximum atomic E-state index is 10.7. The van der Waals surface area contributed by atoms with Crippen LogP contribution in [0.15, 0.2) is 60.8 Å². The van der Waals surface area contributed by atoms with E-state index in [1.54, 1.807) is 20.0 Å². The maximum absolute atomic E-state index is 10.7. The van der Waals surface area contributed by atoms with Gasteiger partial charge in [0.25, 0.3) is 5.95 Å². The quantitative estimate of drug-likeness (QED) is 0.287. The number of nitrogens with zero attached hydrogens (tertiary/aromatic N) is 5. The van der Waals surface area contributed by atoms with E-state index >= 15 is 0 Å². The first-order valence-corrected chi connectivity index (χ1v) is 11.2. The molecule has 9 heteroatoms. The average Bonchev–Trinajstić information content (AvgIpc) is 3.28. The smallest absolute Gasteiger partial charge is 0.254 e. The highest BCUT2D eigenvalue weighted by molar-refractivity contribution is 5.73. The predicted octanol–water partition coefficient (Wildman–Crippen LogP) is 4.81. The first kappa shape index (κ1) is 22.9. The third-order valence-corrected chi connectivity index (χ3v) is 6.06. The van der Waals surface area contributed by atoms with E-state index in [0.29, 0.717) is 0 Å². The number of aryl methyl sites for hydroxylation is 1. The van der Waals surface area contributed by atoms with Crippen LogP contribution in [0.2, 0.25) is 0 Å². The fourth-order valence-corrected chi connectivity index (χ4v) is 3.89. The van der Waals surface area contributed by atoms with Crippen molar-refractivity contribution in [1.82, 2.24) is 24.7 Å². The SMILES string of the molecule is Cc1cn(-c2nc(-c3ccc(O)c(C)c3O)nc(-c3ccc(O)c(C)c3O)n2)nc1-c1ccccc1. The number of aromatic hydroxyl groups is 4. The number of benzene rings is 3. The Hall–Kier alpha value is -4.92. The Morgan fingerprint density at radius 3 is 1.69 bits per heavy atom. The van der Waals surface area contributed by atoms with Gasteiger partial charge in [-0.1, -0.05) is 30.3 Å². The van der Waals surface area contributed by atoms with Crippen LogP contribution >= 0.6 is 0 Å². The standard InChI is InChI=1S/C27H23N5O4/c1-14-13-32(31-22(14)17-7-5-4-6-8-17)27-29-25(18-9-11-20(33)15(2)23(18)35)28-26(30-27)19-10-12-21(34)16(3)24(19)36/h4-13,33-36H,1-3H3. The number of hydrogen-bond donors (Lipinski definition) is 4. The molecule has 0 atom stereocenters. The Bertz CT molecular complexity index is 1540. The number of rotatable bonds is 4. The maximum Gasteiger partial charge on any atom is 0.254 e. The molecule has 0 spiro atoms. The molecule has 0 saturated carbocycles. The van der Waals surface area contributed by atoms with E-state index in [9.17, 15) is 20.4 Å². The zero-order valence-corrected chi connectivity index (χ0v) is 19.8. The average molecular weight is 482 g/mol. The molecule has 2 heterocycles. The first-order valence-electron chi connectivity index (χ1n) is 11.2. The van der Waals surface area contributed by atoms with E-state index in [2.05, 4.69) is 20.1 Å². The summed E-state index contributed by atoms with van der Waals surface area (Å²) in [7, 11) is 0. The van der Waals surface area contributed by atoms with Crippen molar-refractivity contribution in [2.24, 2.45) is 0 Å². The van der Waals surface area contributed by atoms with E-state index < -0.39 is 0 Å². The van der Waals surface area contributed by atoms with Crippen LogP contribution in [-0.4, -0.2) is 45.2 Å². The van der Waals surface area contributed by atoms with Crippen molar-refractivity contribution in [2.45, 2.75) is 20.8 Å². The highest BCUT2D eigenvalue weighted by Gasteiger charge is 2.20. The highest BCUT2D eigenvalue weighted by atomic mass is 16.3. The fraction of sp³-hybridized carbons (Fsp3) is 0.111. The van der Waals surface area contributed by atoms with Gasteiger partial charge >= 0.3 is 0 Å². The molecular formula is C27H23N5O4. The summed E-state index contributed by atoms with van der Waals surface area (Å²) >= 11 is 0. The lowest BCUT2D eigenvalue weighted by molar-refractivity contribution is 0.443. The van der Waals surface area contributed by atoms with Crippen molar-refractivity contribution in [3.63, 3.8) is 0 Å². The van der Waals surface area contributed by atoms with Crippen LogP contribution in [-0.2, 0) is 0 Å². The lowest BCUT2D eigenvalue weighted by Gasteiger charge is -2.12. The molecule has 3 aromatic carbocycles. The Morgan fingerprint density at radius 1 is 0.639 bits per heavy atom. The van der Waals surface area contributed by atoms with E-state index in [4.69, 9.17) is 0 Å². The molecule has 0 amide bonds. The van der Waals surface area contributed by atoms with Gasteiger partial charge in [-0.15, -0.1) is 0 Å². The van der Waals surface area contributed by atoms with Gasteiger partial charge in [-0.05, 0) is 50.6 Å².